The van der Waals surface area contributed by atoms with E-state index in [1.54, 1.807) is 18.5 Å². The van der Waals surface area contributed by atoms with Crippen molar-refractivity contribution in [2.45, 2.75) is 13.0 Å². The molecule has 0 saturated carbocycles. The molecule has 0 fully saturated rings. The summed E-state index contributed by atoms with van der Waals surface area (Å²) in [7, 11) is 0. The van der Waals surface area contributed by atoms with Crippen LogP contribution in [0.4, 0.5) is 4.39 Å². The summed E-state index contributed by atoms with van der Waals surface area (Å²) in [5, 5.41) is 4.05. The molecule has 0 saturated heterocycles. The predicted molar refractivity (Wildman–Crippen MR) is 70.3 cm³/mol. The first-order valence-electron chi connectivity index (χ1n) is 6.19. The number of nitrogens with one attached hydrogen (secondary N) is 2. The molecule has 2 aromatic heterocycles. The van der Waals surface area contributed by atoms with Gasteiger partial charge >= 0.3 is 0 Å². The Labute approximate surface area is 109 Å². The van der Waals surface area contributed by atoms with Crippen LogP contribution in [0.25, 0.3) is 11.0 Å². The van der Waals surface area contributed by atoms with Gasteiger partial charge in [0, 0.05) is 17.8 Å². The molecule has 19 heavy (non-hydrogen) atoms. The second-order valence-corrected chi connectivity index (χ2v) is 4.30. The van der Waals surface area contributed by atoms with Crippen LogP contribution in [0.5, 0.6) is 0 Å². The lowest BCUT2D eigenvalue weighted by molar-refractivity contribution is 0.466. The smallest absolute Gasteiger partial charge is 0.134 e. The standard InChI is InChI=1S/C14H14FN3O/c1-2-16-13(14-17-5-6-18-14)12-8-9-7-10(15)3-4-11(9)19-12/h3-8,13,16H,2H2,1H3,(H,17,18). The molecule has 0 aliphatic rings. The number of fused-ring (bicyclic) bond motifs is 1. The van der Waals surface area contributed by atoms with Crippen LogP contribution < -0.4 is 5.32 Å². The molecule has 3 rings (SSSR count). The average molecular weight is 259 g/mol. The molecule has 98 valence electrons. The summed E-state index contributed by atoms with van der Waals surface area (Å²) in [5.74, 6) is 1.23. The SMILES string of the molecule is CCNC(c1ncc[nH]1)c1cc2cc(F)ccc2o1. The molecule has 1 unspecified atom stereocenters. The van der Waals surface area contributed by atoms with Crippen molar-refractivity contribution in [3.8, 4) is 0 Å². The Bertz CT molecular complexity index is 675. The first-order chi connectivity index (χ1) is 9.28. The summed E-state index contributed by atoms with van der Waals surface area (Å²) < 4.78 is 19.0. The van der Waals surface area contributed by atoms with Gasteiger partial charge in [0.1, 0.15) is 29.0 Å². The highest BCUT2D eigenvalue weighted by molar-refractivity contribution is 5.78. The van der Waals surface area contributed by atoms with E-state index >= 15 is 0 Å². The number of imidazole rings is 1. The number of aromatic amines is 1. The summed E-state index contributed by atoms with van der Waals surface area (Å²) in [6.45, 7) is 2.79. The highest BCUT2D eigenvalue weighted by atomic mass is 19.1. The number of nitrogens with zero attached hydrogens (tertiary/aromatic N) is 1. The Balaban J connectivity index is 2.05. The Morgan fingerprint density at radius 1 is 1.42 bits per heavy atom. The van der Waals surface area contributed by atoms with Gasteiger partial charge < -0.3 is 14.7 Å². The fourth-order valence-electron chi connectivity index (χ4n) is 2.15. The van der Waals surface area contributed by atoms with E-state index in [1.165, 1.54) is 12.1 Å². The van der Waals surface area contributed by atoms with Crippen molar-refractivity contribution in [3.63, 3.8) is 0 Å². The molecule has 0 bridgehead atoms. The molecule has 4 nitrogen and oxygen atoms in total. The average Bonchev–Trinajstić information content (AvgIpc) is 3.04. The Morgan fingerprint density at radius 3 is 3.05 bits per heavy atom. The Morgan fingerprint density at radius 2 is 2.32 bits per heavy atom. The van der Waals surface area contributed by atoms with Crippen molar-refractivity contribution in [3.05, 3.63) is 54.1 Å². The number of furan rings is 1. The molecule has 0 radical (unpaired) electrons. The highest BCUT2D eigenvalue weighted by Crippen LogP contribution is 2.27. The number of H-pyrrole nitrogens is 1. The zero-order chi connectivity index (χ0) is 13.2. The number of hydrogen-bond donors (Lipinski definition) is 2. The largest absolute Gasteiger partial charge is 0.459 e. The van der Waals surface area contributed by atoms with Crippen molar-refractivity contribution in [1.29, 1.82) is 0 Å². The van der Waals surface area contributed by atoms with Gasteiger partial charge in [0.05, 0.1) is 0 Å². The van der Waals surface area contributed by atoms with E-state index in [9.17, 15) is 4.39 Å². The molecule has 1 aromatic carbocycles. The van der Waals surface area contributed by atoms with Gasteiger partial charge in [0.15, 0.2) is 0 Å². The van der Waals surface area contributed by atoms with Gasteiger partial charge in [0.2, 0.25) is 0 Å². The van der Waals surface area contributed by atoms with Crippen LogP contribution >= 0.6 is 0 Å². The van der Waals surface area contributed by atoms with Gasteiger partial charge in [-0.15, -0.1) is 0 Å². The minimum atomic E-state index is -0.266. The van der Waals surface area contributed by atoms with E-state index in [1.807, 2.05) is 13.0 Å². The minimum absolute atomic E-state index is 0.157. The number of hydrogen-bond acceptors (Lipinski definition) is 3. The number of benzene rings is 1. The summed E-state index contributed by atoms with van der Waals surface area (Å²) in [4.78, 5) is 7.32. The maximum atomic E-state index is 13.2. The zero-order valence-corrected chi connectivity index (χ0v) is 10.5. The van der Waals surface area contributed by atoms with Crippen LogP contribution in [0.2, 0.25) is 0 Å². The number of halogens is 1. The fraction of sp³-hybridized carbons (Fsp3) is 0.214. The lowest BCUT2D eigenvalue weighted by atomic mass is 10.2. The van der Waals surface area contributed by atoms with Crippen molar-refractivity contribution < 1.29 is 8.81 Å². The molecule has 1 atom stereocenters. The summed E-state index contributed by atoms with van der Waals surface area (Å²) in [6.07, 6.45) is 3.46. The summed E-state index contributed by atoms with van der Waals surface area (Å²) in [5.41, 5.74) is 0.672. The van der Waals surface area contributed by atoms with Crippen molar-refractivity contribution in [2.24, 2.45) is 0 Å². The van der Waals surface area contributed by atoms with Crippen LogP contribution in [0.3, 0.4) is 0 Å². The monoisotopic (exact) mass is 259 g/mol. The van der Waals surface area contributed by atoms with E-state index in [0.717, 1.165) is 23.5 Å². The van der Waals surface area contributed by atoms with E-state index < -0.39 is 0 Å². The molecule has 0 aliphatic carbocycles. The second kappa shape index (κ2) is 4.85. The van der Waals surface area contributed by atoms with Crippen LogP contribution in [-0.2, 0) is 0 Å². The first-order valence-corrected chi connectivity index (χ1v) is 6.19. The normalized spacial score (nSPS) is 12.9. The summed E-state index contributed by atoms with van der Waals surface area (Å²) in [6, 6.07) is 6.18. The third-order valence-corrected chi connectivity index (χ3v) is 2.98. The van der Waals surface area contributed by atoms with Crippen molar-refractivity contribution >= 4 is 11.0 Å². The highest BCUT2D eigenvalue weighted by Gasteiger charge is 2.19. The molecule has 2 heterocycles. The molecule has 0 spiro atoms. The Kier molecular flexibility index (Phi) is 3.05. The van der Waals surface area contributed by atoms with Crippen LogP contribution in [0.1, 0.15) is 24.6 Å². The lowest BCUT2D eigenvalue weighted by Crippen LogP contribution is -2.22. The van der Waals surface area contributed by atoms with Gasteiger partial charge in [-0.25, -0.2) is 9.37 Å². The van der Waals surface area contributed by atoms with E-state index in [4.69, 9.17) is 4.42 Å². The molecule has 2 N–H and O–H groups in total. The lowest BCUT2D eigenvalue weighted by Gasteiger charge is -2.12. The molecular formula is C14H14FN3O. The van der Waals surface area contributed by atoms with Gasteiger partial charge in [-0.3, -0.25) is 0 Å². The van der Waals surface area contributed by atoms with Crippen molar-refractivity contribution in [1.82, 2.24) is 15.3 Å². The summed E-state index contributed by atoms with van der Waals surface area (Å²) >= 11 is 0. The predicted octanol–water partition coefficient (Wildman–Crippen LogP) is 2.99. The minimum Gasteiger partial charge on any atom is -0.459 e. The first kappa shape index (κ1) is 11.9. The van der Waals surface area contributed by atoms with Crippen LogP contribution in [0.15, 0.2) is 41.1 Å². The van der Waals surface area contributed by atoms with Gasteiger partial charge in [-0.2, -0.15) is 0 Å². The Hall–Kier alpha value is -2.14. The molecule has 3 aromatic rings. The van der Waals surface area contributed by atoms with Gasteiger partial charge in [0.25, 0.3) is 0 Å². The molecule has 5 heteroatoms. The third kappa shape index (κ3) is 2.24. The number of aromatic nitrogens is 2. The molecule has 0 amide bonds. The van der Waals surface area contributed by atoms with Crippen molar-refractivity contribution in [2.75, 3.05) is 6.54 Å². The molecular weight excluding hydrogens is 245 g/mol. The van der Waals surface area contributed by atoms with Gasteiger partial charge in [-0.1, -0.05) is 6.92 Å². The second-order valence-electron chi connectivity index (χ2n) is 4.30. The third-order valence-electron chi connectivity index (χ3n) is 2.98. The van der Waals surface area contributed by atoms with Crippen LogP contribution in [0, 0.1) is 5.82 Å². The zero-order valence-electron chi connectivity index (χ0n) is 10.5. The van der Waals surface area contributed by atoms with Crippen LogP contribution in [-0.4, -0.2) is 16.5 Å². The maximum absolute atomic E-state index is 13.2. The van der Waals surface area contributed by atoms with E-state index in [-0.39, 0.29) is 11.9 Å². The van der Waals surface area contributed by atoms with Gasteiger partial charge in [-0.05, 0) is 30.8 Å². The molecule has 0 aliphatic heterocycles. The maximum Gasteiger partial charge on any atom is 0.134 e. The van der Waals surface area contributed by atoms with E-state index in [0.29, 0.717) is 5.58 Å². The topological polar surface area (TPSA) is 53.9 Å². The van der Waals surface area contributed by atoms with E-state index in [2.05, 4.69) is 15.3 Å². The fourth-order valence-corrected chi connectivity index (χ4v) is 2.15. The number of rotatable bonds is 4. The quantitative estimate of drug-likeness (QED) is 0.757.